The lowest BCUT2D eigenvalue weighted by Gasteiger charge is -2.47. The van der Waals surface area contributed by atoms with Crippen molar-refractivity contribution in [1.29, 1.82) is 0 Å². The maximum atomic E-state index is 13.6. The Morgan fingerprint density at radius 3 is 2.46 bits per heavy atom. The smallest absolute Gasteiger partial charge is 0.328 e. The van der Waals surface area contributed by atoms with Crippen molar-refractivity contribution in [1.82, 2.24) is 29.9 Å². The second kappa shape index (κ2) is 17.7. The van der Waals surface area contributed by atoms with Crippen LogP contribution in [0.3, 0.4) is 0 Å². The van der Waals surface area contributed by atoms with Gasteiger partial charge in [-0.15, -0.1) is 0 Å². The Morgan fingerprint density at radius 2 is 1.73 bits per heavy atom. The number of nitrogens with zero attached hydrogens (tertiary/aromatic N) is 6. The molecule has 4 fully saturated rings. The number of carbonyl (C=O) groups excluding carboxylic acids is 4. The van der Waals surface area contributed by atoms with Crippen LogP contribution in [0.15, 0.2) is 54.7 Å². The summed E-state index contributed by atoms with van der Waals surface area (Å²) in [6, 6.07) is 14.0. The normalized spacial score (nSPS) is 19.3. The second-order valence-electron chi connectivity index (χ2n) is 16.7. The molecule has 4 aliphatic rings. The third-order valence-electron chi connectivity index (χ3n) is 12.8. The Kier molecular flexibility index (Phi) is 12.2. The standard InChI is InChI=1S/C44H53ClN8O6/c1-29-4-3-5-35(46-29)41(55)47-37-24-32-28-53(49-36(32)26-39(37)59-23-22-58-2)33-10-17-50(18-11-33)27-30-8-13-44(14-9-30)15-20-51(21-16-44)42(56)31-6-7-34(45)38(25-31)52-19-12-40(54)48-43(52)57/h3-7,24-26,28,30,33H,8-23,27H2,1-2H3,(H,47,55)(H,48,54,57). The summed E-state index contributed by atoms with van der Waals surface area (Å²) in [5.41, 5.74) is 3.75. The Labute approximate surface area is 349 Å². The van der Waals surface area contributed by atoms with Crippen molar-refractivity contribution in [2.24, 2.45) is 11.3 Å². The van der Waals surface area contributed by atoms with Crippen LogP contribution < -0.4 is 20.3 Å². The van der Waals surface area contributed by atoms with E-state index in [9.17, 15) is 19.2 Å². The number of anilines is 2. The van der Waals surface area contributed by atoms with Gasteiger partial charge in [0.25, 0.3) is 11.8 Å². The number of aromatic nitrogens is 3. The molecule has 1 aliphatic carbocycles. The fraction of sp³-hybridized carbons (Fsp3) is 0.500. The van der Waals surface area contributed by atoms with Crippen LogP contribution in [0, 0.1) is 18.3 Å². The van der Waals surface area contributed by atoms with Gasteiger partial charge in [-0.05, 0) is 106 Å². The van der Waals surface area contributed by atoms with Gasteiger partial charge in [0.1, 0.15) is 18.1 Å². The molecule has 15 heteroatoms. The highest BCUT2D eigenvalue weighted by molar-refractivity contribution is 6.34. The van der Waals surface area contributed by atoms with Crippen LogP contribution in [0.5, 0.6) is 5.75 Å². The molecule has 1 spiro atoms. The maximum Gasteiger partial charge on any atom is 0.328 e. The van der Waals surface area contributed by atoms with Crippen LogP contribution in [0.2, 0.25) is 5.02 Å². The zero-order valence-electron chi connectivity index (χ0n) is 33.9. The molecule has 8 rings (SSSR count). The molecule has 0 unspecified atom stereocenters. The summed E-state index contributed by atoms with van der Waals surface area (Å²) in [7, 11) is 1.63. The molecule has 0 atom stereocenters. The van der Waals surface area contributed by atoms with Gasteiger partial charge in [0, 0.05) is 81.7 Å². The minimum absolute atomic E-state index is 0.0480. The van der Waals surface area contributed by atoms with Gasteiger partial charge in [0.2, 0.25) is 5.91 Å². The molecule has 2 N–H and O–H groups in total. The van der Waals surface area contributed by atoms with Crippen LogP contribution in [0.1, 0.15) is 90.4 Å². The van der Waals surface area contributed by atoms with Crippen molar-refractivity contribution in [3.05, 3.63) is 76.7 Å². The number of halogens is 1. The monoisotopic (exact) mass is 824 g/mol. The van der Waals surface area contributed by atoms with E-state index in [1.54, 1.807) is 31.4 Å². The van der Waals surface area contributed by atoms with E-state index in [-0.39, 0.29) is 30.7 Å². The summed E-state index contributed by atoms with van der Waals surface area (Å²) in [5.74, 6) is 0.563. The molecule has 2 aromatic heterocycles. The summed E-state index contributed by atoms with van der Waals surface area (Å²) in [5, 5.41) is 11.6. The number of aryl methyl sites for hydroxylation is 1. The number of benzene rings is 2. The van der Waals surface area contributed by atoms with Gasteiger partial charge < -0.3 is 24.6 Å². The number of carbonyl (C=O) groups is 4. The molecule has 4 aromatic rings. The van der Waals surface area contributed by atoms with Crippen molar-refractivity contribution in [2.45, 2.75) is 70.8 Å². The van der Waals surface area contributed by atoms with Gasteiger partial charge in [0.15, 0.2) is 0 Å². The van der Waals surface area contributed by atoms with Crippen molar-refractivity contribution in [2.75, 3.05) is 69.8 Å². The Morgan fingerprint density at radius 1 is 0.949 bits per heavy atom. The average Bonchev–Trinajstić information content (AvgIpc) is 3.65. The molecule has 3 saturated heterocycles. The predicted octanol–water partition coefficient (Wildman–Crippen LogP) is 6.87. The van der Waals surface area contributed by atoms with E-state index in [0.717, 1.165) is 75.0 Å². The number of imide groups is 1. The molecule has 5 amide bonds. The number of nitrogens with one attached hydrogen (secondary N) is 2. The van der Waals surface area contributed by atoms with E-state index in [4.69, 9.17) is 26.2 Å². The van der Waals surface area contributed by atoms with Gasteiger partial charge >= 0.3 is 6.03 Å². The molecule has 14 nitrogen and oxygen atoms in total. The lowest BCUT2D eigenvalue weighted by Crippen LogP contribution is -2.49. The lowest BCUT2D eigenvalue weighted by molar-refractivity contribution is -0.120. The number of amides is 5. The van der Waals surface area contributed by atoms with Crippen LogP contribution >= 0.6 is 11.6 Å². The van der Waals surface area contributed by atoms with E-state index in [1.807, 2.05) is 36.1 Å². The van der Waals surface area contributed by atoms with Crippen molar-refractivity contribution >= 4 is 57.6 Å². The van der Waals surface area contributed by atoms with Crippen molar-refractivity contribution < 1.29 is 28.7 Å². The number of ether oxygens (including phenoxy) is 2. The average molecular weight is 825 g/mol. The third kappa shape index (κ3) is 9.24. The number of urea groups is 1. The summed E-state index contributed by atoms with van der Waals surface area (Å²) in [6.45, 7) is 7.48. The summed E-state index contributed by atoms with van der Waals surface area (Å²) in [6.07, 6.45) is 11.2. The highest BCUT2D eigenvalue weighted by Gasteiger charge is 2.40. The predicted molar refractivity (Wildman–Crippen MR) is 225 cm³/mol. The van der Waals surface area contributed by atoms with Crippen molar-refractivity contribution in [3.63, 3.8) is 0 Å². The number of hydrogen-bond acceptors (Lipinski definition) is 9. The van der Waals surface area contributed by atoms with Gasteiger partial charge in [-0.25, -0.2) is 9.78 Å². The molecule has 0 bridgehead atoms. The van der Waals surface area contributed by atoms with Gasteiger partial charge in [0.05, 0.1) is 34.6 Å². The van der Waals surface area contributed by atoms with Gasteiger partial charge in [-0.3, -0.25) is 29.3 Å². The number of rotatable bonds is 11. The Hall–Kier alpha value is -5.05. The van der Waals surface area contributed by atoms with E-state index >= 15 is 0 Å². The first-order chi connectivity index (χ1) is 28.6. The first kappa shape index (κ1) is 40.7. The third-order valence-corrected chi connectivity index (χ3v) is 13.1. The largest absolute Gasteiger partial charge is 0.489 e. The SMILES string of the molecule is COCCOc1cc2nn(C3CCN(CC4CCC5(CC4)CCN(C(=O)c4ccc(Cl)c(N6CCC(=O)NC6=O)c4)CC5)CC3)cc2cc1NC(=O)c1cccc(C)n1. The van der Waals surface area contributed by atoms with Gasteiger partial charge in [-0.2, -0.15) is 5.10 Å². The van der Waals surface area contributed by atoms with Crippen LogP contribution in [0.4, 0.5) is 16.2 Å². The number of hydrogen-bond donors (Lipinski definition) is 2. The fourth-order valence-electron chi connectivity index (χ4n) is 9.28. The van der Waals surface area contributed by atoms with E-state index in [0.29, 0.717) is 64.0 Å². The molecular formula is C44H53ClN8O6. The molecule has 1 saturated carbocycles. The molecule has 2 aromatic carbocycles. The van der Waals surface area contributed by atoms with E-state index in [2.05, 4.69) is 31.4 Å². The number of likely N-dealkylation sites (tertiary alicyclic amines) is 2. The summed E-state index contributed by atoms with van der Waals surface area (Å²) in [4.78, 5) is 61.2. The molecule has 5 heterocycles. The van der Waals surface area contributed by atoms with Crippen molar-refractivity contribution in [3.8, 4) is 5.75 Å². The van der Waals surface area contributed by atoms with Crippen LogP contribution in [-0.4, -0.2) is 108 Å². The Bertz CT molecular complexity index is 2200. The zero-order chi connectivity index (χ0) is 41.1. The van der Waals surface area contributed by atoms with Gasteiger partial charge in [-0.1, -0.05) is 17.7 Å². The lowest BCUT2D eigenvalue weighted by atomic mass is 9.65. The first-order valence-electron chi connectivity index (χ1n) is 20.9. The molecule has 0 radical (unpaired) electrons. The Balaban J connectivity index is 0.817. The van der Waals surface area contributed by atoms with E-state index in [1.165, 1.54) is 30.6 Å². The molecular weight excluding hydrogens is 772 g/mol. The van der Waals surface area contributed by atoms with E-state index < -0.39 is 6.03 Å². The minimum atomic E-state index is -0.521. The molecule has 312 valence electrons. The quantitative estimate of drug-likeness (QED) is 0.155. The summed E-state index contributed by atoms with van der Waals surface area (Å²) < 4.78 is 13.3. The topological polar surface area (TPSA) is 151 Å². The highest BCUT2D eigenvalue weighted by atomic mass is 35.5. The highest BCUT2D eigenvalue weighted by Crippen LogP contribution is 2.47. The number of methoxy groups -OCH3 is 1. The number of fused-ring (bicyclic) bond motifs is 1. The van der Waals surface area contributed by atoms with Crippen LogP contribution in [-0.2, 0) is 9.53 Å². The number of pyridine rings is 1. The fourth-order valence-corrected chi connectivity index (χ4v) is 9.50. The van der Waals surface area contributed by atoms with Crippen LogP contribution in [0.25, 0.3) is 10.9 Å². The summed E-state index contributed by atoms with van der Waals surface area (Å²) >= 11 is 6.44. The first-order valence-corrected chi connectivity index (χ1v) is 21.3. The molecule has 3 aliphatic heterocycles. The second-order valence-corrected chi connectivity index (χ2v) is 17.1. The zero-order valence-corrected chi connectivity index (χ0v) is 34.6. The minimum Gasteiger partial charge on any atom is -0.489 e. The maximum absolute atomic E-state index is 13.6. The number of piperidine rings is 2. The molecule has 59 heavy (non-hydrogen) atoms.